The smallest absolute Gasteiger partial charge is 0.264 e. The van der Waals surface area contributed by atoms with Gasteiger partial charge < -0.3 is 10.6 Å². The number of benzene rings is 3. The molecular formula is C27H29N3O4S. The van der Waals surface area contributed by atoms with Gasteiger partial charge in [-0.15, -0.1) is 0 Å². The SMILES string of the molecule is CCN(c1ccccc1)S(=O)(=O)c1cccc(C(=O)NC(Cc2ccccc2)C(=O)NC2CC2)c1. The Balaban J connectivity index is 1.56. The van der Waals surface area contributed by atoms with Gasteiger partial charge in [0.05, 0.1) is 10.6 Å². The Morgan fingerprint density at radius 3 is 2.23 bits per heavy atom. The molecule has 0 heterocycles. The lowest BCUT2D eigenvalue weighted by molar-refractivity contribution is -0.123. The van der Waals surface area contributed by atoms with Gasteiger partial charge in [-0.1, -0.05) is 54.6 Å². The second-order valence-corrected chi connectivity index (χ2v) is 10.4. The van der Waals surface area contributed by atoms with Crippen molar-refractivity contribution in [1.82, 2.24) is 10.6 Å². The third-order valence-corrected chi connectivity index (χ3v) is 7.74. The second-order valence-electron chi connectivity index (χ2n) is 8.53. The Hall–Kier alpha value is -3.65. The van der Waals surface area contributed by atoms with Crippen LogP contribution in [-0.4, -0.2) is 38.9 Å². The van der Waals surface area contributed by atoms with Crippen molar-refractivity contribution in [3.63, 3.8) is 0 Å². The fraction of sp³-hybridized carbons (Fsp3) is 0.259. The third kappa shape index (κ3) is 6.08. The van der Waals surface area contributed by atoms with Crippen molar-refractivity contribution in [2.45, 2.75) is 43.2 Å². The molecule has 2 amide bonds. The highest BCUT2D eigenvalue weighted by molar-refractivity contribution is 7.92. The maximum absolute atomic E-state index is 13.4. The highest BCUT2D eigenvalue weighted by atomic mass is 32.2. The van der Waals surface area contributed by atoms with Crippen molar-refractivity contribution >= 4 is 27.5 Å². The van der Waals surface area contributed by atoms with Gasteiger partial charge in [0.15, 0.2) is 0 Å². The Bertz CT molecular complexity index is 1280. The molecule has 1 fully saturated rings. The summed E-state index contributed by atoms with van der Waals surface area (Å²) in [7, 11) is -3.89. The van der Waals surface area contributed by atoms with Crippen molar-refractivity contribution in [2.24, 2.45) is 0 Å². The van der Waals surface area contributed by atoms with Crippen LogP contribution >= 0.6 is 0 Å². The zero-order chi connectivity index (χ0) is 24.8. The molecule has 0 aromatic heterocycles. The summed E-state index contributed by atoms with van der Waals surface area (Å²) in [5.74, 6) is -0.744. The van der Waals surface area contributed by atoms with Crippen LogP contribution in [-0.2, 0) is 21.2 Å². The number of nitrogens with one attached hydrogen (secondary N) is 2. The van der Waals surface area contributed by atoms with Crippen LogP contribution in [0.4, 0.5) is 5.69 Å². The van der Waals surface area contributed by atoms with Gasteiger partial charge >= 0.3 is 0 Å². The molecule has 3 aromatic carbocycles. The van der Waals surface area contributed by atoms with Gasteiger partial charge in [-0.3, -0.25) is 13.9 Å². The first-order valence-electron chi connectivity index (χ1n) is 11.7. The van der Waals surface area contributed by atoms with E-state index in [1.807, 2.05) is 36.4 Å². The Labute approximate surface area is 206 Å². The number of anilines is 1. The molecule has 2 N–H and O–H groups in total. The molecule has 35 heavy (non-hydrogen) atoms. The predicted molar refractivity (Wildman–Crippen MR) is 136 cm³/mol. The van der Waals surface area contributed by atoms with Gasteiger partial charge in [-0.25, -0.2) is 8.42 Å². The molecule has 3 aromatic rings. The van der Waals surface area contributed by atoms with E-state index in [2.05, 4.69) is 10.6 Å². The third-order valence-electron chi connectivity index (χ3n) is 5.84. The Morgan fingerprint density at radius 2 is 1.60 bits per heavy atom. The topological polar surface area (TPSA) is 95.6 Å². The fourth-order valence-electron chi connectivity index (χ4n) is 3.84. The fourth-order valence-corrected chi connectivity index (χ4v) is 5.36. The van der Waals surface area contributed by atoms with Crippen molar-refractivity contribution < 1.29 is 18.0 Å². The van der Waals surface area contributed by atoms with Crippen molar-refractivity contribution in [2.75, 3.05) is 10.8 Å². The van der Waals surface area contributed by atoms with Crippen LogP contribution < -0.4 is 14.9 Å². The average molecular weight is 492 g/mol. The van der Waals surface area contributed by atoms with Crippen LogP contribution in [0.5, 0.6) is 0 Å². The highest BCUT2D eigenvalue weighted by Gasteiger charge is 2.29. The van der Waals surface area contributed by atoms with Gasteiger partial charge in [0, 0.05) is 24.6 Å². The van der Waals surface area contributed by atoms with Gasteiger partial charge in [-0.05, 0) is 55.7 Å². The van der Waals surface area contributed by atoms with Crippen LogP contribution in [0.15, 0.2) is 89.8 Å². The van der Waals surface area contributed by atoms with E-state index in [1.54, 1.807) is 37.3 Å². The number of carbonyl (C=O) groups is 2. The van der Waals surface area contributed by atoms with Crippen molar-refractivity contribution in [3.05, 3.63) is 96.1 Å². The lowest BCUT2D eigenvalue weighted by atomic mass is 10.0. The monoisotopic (exact) mass is 491 g/mol. The minimum absolute atomic E-state index is 0.0119. The van der Waals surface area contributed by atoms with E-state index in [1.165, 1.54) is 22.5 Å². The lowest BCUT2D eigenvalue weighted by Gasteiger charge is -2.23. The number of carbonyl (C=O) groups excluding carboxylic acids is 2. The van der Waals surface area contributed by atoms with Crippen LogP contribution in [0.3, 0.4) is 0 Å². The summed E-state index contributed by atoms with van der Waals surface area (Å²) in [5, 5.41) is 5.76. The minimum atomic E-state index is -3.89. The molecule has 8 heteroatoms. The van der Waals surface area contributed by atoms with E-state index < -0.39 is 22.0 Å². The number of hydrogen-bond acceptors (Lipinski definition) is 4. The summed E-state index contributed by atoms with van der Waals surface area (Å²) in [4.78, 5) is 26.0. The summed E-state index contributed by atoms with van der Waals surface area (Å²) in [6.07, 6.45) is 2.21. The molecule has 0 spiro atoms. The zero-order valence-corrected chi connectivity index (χ0v) is 20.4. The summed E-state index contributed by atoms with van der Waals surface area (Å²) in [6, 6.07) is 23.6. The molecule has 1 unspecified atom stereocenters. The number of rotatable bonds is 10. The first-order chi connectivity index (χ1) is 16.9. The van der Waals surface area contributed by atoms with E-state index in [0.29, 0.717) is 12.1 Å². The number of hydrogen-bond donors (Lipinski definition) is 2. The summed E-state index contributed by atoms with van der Waals surface area (Å²) >= 11 is 0. The van der Waals surface area contributed by atoms with Crippen molar-refractivity contribution in [1.29, 1.82) is 0 Å². The Kier molecular flexibility index (Phi) is 7.51. The van der Waals surface area contributed by atoms with E-state index in [9.17, 15) is 18.0 Å². The number of sulfonamides is 1. The van der Waals surface area contributed by atoms with E-state index in [0.717, 1.165) is 18.4 Å². The van der Waals surface area contributed by atoms with Gasteiger partial charge in [0.1, 0.15) is 6.04 Å². The molecule has 0 aliphatic heterocycles. The quantitative estimate of drug-likeness (QED) is 0.454. The molecule has 7 nitrogen and oxygen atoms in total. The molecule has 182 valence electrons. The van der Waals surface area contributed by atoms with E-state index in [-0.39, 0.29) is 29.0 Å². The van der Waals surface area contributed by atoms with Gasteiger partial charge in [0.25, 0.3) is 15.9 Å². The number of nitrogens with zero attached hydrogens (tertiary/aromatic N) is 1. The standard InChI is InChI=1S/C27H29N3O4S/c1-2-30(23-13-7-4-8-14-23)35(33,34)24-15-9-12-21(19-24)26(31)29-25(27(32)28-22-16-17-22)18-20-10-5-3-6-11-20/h3-15,19,22,25H,2,16-18H2,1H3,(H,28,32)(H,29,31). The molecule has 4 rings (SSSR count). The van der Waals surface area contributed by atoms with Gasteiger partial charge in [-0.2, -0.15) is 0 Å². The zero-order valence-electron chi connectivity index (χ0n) is 19.6. The average Bonchev–Trinajstić information content (AvgIpc) is 3.69. The predicted octanol–water partition coefficient (Wildman–Crippen LogP) is 3.52. The maximum atomic E-state index is 13.4. The number of para-hydroxylation sites is 1. The molecule has 1 saturated carbocycles. The highest BCUT2D eigenvalue weighted by Crippen LogP contribution is 2.24. The Morgan fingerprint density at radius 1 is 0.943 bits per heavy atom. The lowest BCUT2D eigenvalue weighted by Crippen LogP contribution is -2.48. The molecule has 1 aliphatic carbocycles. The molecule has 0 saturated heterocycles. The normalized spacial score (nSPS) is 14.1. The van der Waals surface area contributed by atoms with Crippen molar-refractivity contribution in [3.8, 4) is 0 Å². The molecule has 0 radical (unpaired) electrons. The largest absolute Gasteiger partial charge is 0.352 e. The summed E-state index contributed by atoms with van der Waals surface area (Å²) in [6.45, 7) is 2.00. The van der Waals surface area contributed by atoms with Gasteiger partial charge in [0.2, 0.25) is 5.91 Å². The van der Waals surface area contributed by atoms with Crippen LogP contribution in [0.1, 0.15) is 35.7 Å². The number of amides is 2. The molecular weight excluding hydrogens is 462 g/mol. The second kappa shape index (κ2) is 10.7. The van der Waals surface area contributed by atoms with Crippen LogP contribution in [0.25, 0.3) is 0 Å². The maximum Gasteiger partial charge on any atom is 0.264 e. The molecule has 1 aliphatic rings. The van der Waals surface area contributed by atoms with Crippen LogP contribution in [0.2, 0.25) is 0 Å². The summed E-state index contributed by atoms with van der Waals surface area (Å²) < 4.78 is 28.0. The first kappa shape index (κ1) is 24.5. The summed E-state index contributed by atoms with van der Waals surface area (Å²) in [5.41, 5.74) is 1.64. The molecule has 0 bridgehead atoms. The van der Waals surface area contributed by atoms with E-state index in [4.69, 9.17) is 0 Å². The van der Waals surface area contributed by atoms with E-state index >= 15 is 0 Å². The minimum Gasteiger partial charge on any atom is -0.352 e. The molecule has 1 atom stereocenters. The van der Waals surface area contributed by atoms with Crippen LogP contribution in [0, 0.1) is 0 Å². The first-order valence-corrected chi connectivity index (χ1v) is 13.2.